The van der Waals surface area contributed by atoms with Crippen LogP contribution >= 0.6 is 11.8 Å². The van der Waals surface area contributed by atoms with E-state index in [4.69, 9.17) is 0 Å². The third-order valence-corrected chi connectivity index (χ3v) is 3.98. The zero-order valence-electron chi connectivity index (χ0n) is 12.1. The van der Waals surface area contributed by atoms with Gasteiger partial charge in [-0.3, -0.25) is 9.59 Å². The highest BCUT2D eigenvalue weighted by molar-refractivity contribution is 7.98. The molecule has 2 rings (SSSR count). The van der Waals surface area contributed by atoms with Crippen LogP contribution in [0.5, 0.6) is 0 Å². The molecule has 0 saturated heterocycles. The Morgan fingerprint density at radius 3 is 2.95 bits per heavy atom. The predicted octanol–water partition coefficient (Wildman–Crippen LogP) is 1.51. The number of aromatic nitrogens is 1. The normalized spacial score (nSPS) is 12.3. The number of halogens is 1. The van der Waals surface area contributed by atoms with Crippen molar-refractivity contribution in [3.05, 3.63) is 46.0 Å². The number of pyridine rings is 1. The van der Waals surface area contributed by atoms with Crippen molar-refractivity contribution in [1.29, 1.82) is 0 Å². The molecular formula is C15H17FN2O3S. The summed E-state index contributed by atoms with van der Waals surface area (Å²) in [6.45, 7) is -0.202. The van der Waals surface area contributed by atoms with Crippen molar-refractivity contribution in [2.24, 2.45) is 0 Å². The summed E-state index contributed by atoms with van der Waals surface area (Å²) in [5.41, 5.74) is -0.557. The number of carbonyl (C=O) groups excluding carboxylic acids is 1. The fraction of sp³-hybridized carbons (Fsp3) is 0.333. The van der Waals surface area contributed by atoms with Gasteiger partial charge in [0.25, 0.3) is 5.91 Å². The van der Waals surface area contributed by atoms with E-state index in [-0.39, 0.29) is 23.1 Å². The Hall–Kier alpha value is -1.86. The second kappa shape index (κ2) is 7.42. The zero-order chi connectivity index (χ0) is 16.1. The van der Waals surface area contributed by atoms with Crippen LogP contribution in [0.1, 0.15) is 16.8 Å². The molecule has 1 aromatic carbocycles. The molecule has 0 spiro atoms. The van der Waals surface area contributed by atoms with Gasteiger partial charge in [0.2, 0.25) is 5.43 Å². The molecule has 0 fully saturated rings. The number of rotatable bonds is 6. The molecule has 5 nitrogen and oxygen atoms in total. The third-order valence-electron chi connectivity index (χ3n) is 3.33. The minimum Gasteiger partial charge on any atom is -0.394 e. The Balaban J connectivity index is 2.29. The maximum absolute atomic E-state index is 13.6. The van der Waals surface area contributed by atoms with Crippen molar-refractivity contribution < 1.29 is 14.3 Å². The molecule has 0 aliphatic heterocycles. The minimum absolute atomic E-state index is 0.0742. The predicted molar refractivity (Wildman–Crippen MR) is 85.9 cm³/mol. The molecule has 0 bridgehead atoms. The molecule has 0 saturated carbocycles. The molecule has 0 unspecified atom stereocenters. The van der Waals surface area contributed by atoms with Crippen LogP contribution in [0.15, 0.2) is 29.2 Å². The van der Waals surface area contributed by atoms with Gasteiger partial charge in [-0.15, -0.1) is 0 Å². The topological polar surface area (TPSA) is 82.2 Å². The summed E-state index contributed by atoms with van der Waals surface area (Å²) < 4.78 is 13.6. The molecular weight excluding hydrogens is 307 g/mol. The van der Waals surface area contributed by atoms with Gasteiger partial charge in [0, 0.05) is 11.6 Å². The van der Waals surface area contributed by atoms with Gasteiger partial charge in [0.05, 0.1) is 18.2 Å². The SMILES string of the molecule is CSCC[C@@H](CO)NC(=O)c1c[nH]c2c(F)cccc2c1=O. The Kier molecular flexibility index (Phi) is 5.57. The number of aliphatic hydroxyl groups is 1. The molecule has 118 valence electrons. The lowest BCUT2D eigenvalue weighted by molar-refractivity contribution is 0.0914. The van der Waals surface area contributed by atoms with Crippen LogP contribution < -0.4 is 10.7 Å². The first-order valence-electron chi connectivity index (χ1n) is 6.79. The summed E-state index contributed by atoms with van der Waals surface area (Å²) in [5, 5.41) is 12.0. The van der Waals surface area contributed by atoms with E-state index in [1.54, 1.807) is 11.8 Å². The van der Waals surface area contributed by atoms with Gasteiger partial charge in [-0.05, 0) is 30.6 Å². The minimum atomic E-state index is -0.576. The van der Waals surface area contributed by atoms with Crippen molar-refractivity contribution in [2.75, 3.05) is 18.6 Å². The fourth-order valence-electron chi connectivity index (χ4n) is 2.12. The highest BCUT2D eigenvalue weighted by Gasteiger charge is 2.17. The van der Waals surface area contributed by atoms with Crippen LogP contribution in [0.25, 0.3) is 10.9 Å². The van der Waals surface area contributed by atoms with E-state index < -0.39 is 23.2 Å². The quantitative estimate of drug-likeness (QED) is 0.752. The maximum Gasteiger partial charge on any atom is 0.257 e. The van der Waals surface area contributed by atoms with Crippen molar-refractivity contribution in [1.82, 2.24) is 10.3 Å². The highest BCUT2D eigenvalue weighted by atomic mass is 32.2. The van der Waals surface area contributed by atoms with Gasteiger partial charge in [-0.2, -0.15) is 11.8 Å². The highest BCUT2D eigenvalue weighted by Crippen LogP contribution is 2.12. The molecule has 2 aromatic rings. The molecule has 1 atom stereocenters. The van der Waals surface area contributed by atoms with Crippen molar-refractivity contribution in [3.8, 4) is 0 Å². The Morgan fingerprint density at radius 2 is 2.27 bits per heavy atom. The van der Waals surface area contributed by atoms with E-state index in [1.165, 1.54) is 24.4 Å². The lowest BCUT2D eigenvalue weighted by Crippen LogP contribution is -2.39. The first kappa shape index (κ1) is 16.5. The van der Waals surface area contributed by atoms with Crippen LogP contribution in [-0.4, -0.2) is 40.7 Å². The van der Waals surface area contributed by atoms with E-state index in [9.17, 15) is 19.1 Å². The smallest absolute Gasteiger partial charge is 0.257 e. The van der Waals surface area contributed by atoms with Crippen LogP contribution in [0, 0.1) is 5.82 Å². The van der Waals surface area contributed by atoms with Crippen LogP contribution in [0.3, 0.4) is 0 Å². The number of para-hydroxylation sites is 1. The van der Waals surface area contributed by atoms with Gasteiger partial charge in [0.15, 0.2) is 0 Å². The average molecular weight is 324 g/mol. The van der Waals surface area contributed by atoms with Crippen molar-refractivity contribution in [3.63, 3.8) is 0 Å². The molecule has 0 aliphatic carbocycles. The summed E-state index contributed by atoms with van der Waals surface area (Å²) >= 11 is 1.60. The van der Waals surface area contributed by atoms with Crippen LogP contribution in [-0.2, 0) is 0 Å². The van der Waals surface area contributed by atoms with Crippen molar-refractivity contribution >= 4 is 28.6 Å². The molecule has 1 heterocycles. The molecule has 0 aliphatic rings. The molecule has 1 aromatic heterocycles. The maximum atomic E-state index is 13.6. The molecule has 3 N–H and O–H groups in total. The Bertz CT molecular complexity index is 732. The number of hydrogen-bond acceptors (Lipinski definition) is 4. The Labute approximate surface area is 130 Å². The molecule has 1 amide bonds. The first-order valence-corrected chi connectivity index (χ1v) is 8.18. The van der Waals surface area contributed by atoms with E-state index in [1.807, 2.05) is 6.26 Å². The summed E-state index contributed by atoms with van der Waals surface area (Å²) in [6.07, 6.45) is 3.73. The number of H-pyrrole nitrogens is 1. The van der Waals surface area contributed by atoms with E-state index in [0.717, 1.165) is 5.75 Å². The second-order valence-corrected chi connectivity index (χ2v) is 5.81. The van der Waals surface area contributed by atoms with E-state index in [2.05, 4.69) is 10.3 Å². The lowest BCUT2D eigenvalue weighted by Gasteiger charge is -2.15. The second-order valence-electron chi connectivity index (χ2n) is 4.83. The number of aliphatic hydroxyl groups excluding tert-OH is 1. The molecule has 22 heavy (non-hydrogen) atoms. The summed E-state index contributed by atoms with van der Waals surface area (Å²) in [5.74, 6) is -0.340. The number of aromatic amines is 1. The number of fused-ring (bicyclic) bond motifs is 1. The third kappa shape index (κ3) is 3.48. The largest absolute Gasteiger partial charge is 0.394 e. The van der Waals surface area contributed by atoms with Gasteiger partial charge < -0.3 is 15.4 Å². The fourth-order valence-corrected chi connectivity index (χ4v) is 2.64. The lowest BCUT2D eigenvalue weighted by atomic mass is 10.1. The van der Waals surface area contributed by atoms with E-state index in [0.29, 0.717) is 6.42 Å². The van der Waals surface area contributed by atoms with Gasteiger partial charge >= 0.3 is 0 Å². The standard InChI is InChI=1S/C15H17FN2O3S/c1-22-6-5-9(8-19)18-15(21)11-7-17-13-10(14(11)20)3-2-4-12(13)16/h2-4,7,9,19H,5-6,8H2,1H3,(H,17,20)(H,18,21)/t9-/m0/s1. The van der Waals surface area contributed by atoms with Gasteiger partial charge in [-0.1, -0.05) is 6.07 Å². The molecule has 0 radical (unpaired) electrons. The number of thioether (sulfide) groups is 1. The van der Waals surface area contributed by atoms with Crippen molar-refractivity contribution in [2.45, 2.75) is 12.5 Å². The number of carbonyl (C=O) groups is 1. The van der Waals surface area contributed by atoms with E-state index >= 15 is 0 Å². The van der Waals surface area contributed by atoms with Gasteiger partial charge in [0.1, 0.15) is 11.4 Å². The summed E-state index contributed by atoms with van der Waals surface area (Å²) in [7, 11) is 0. The first-order chi connectivity index (χ1) is 10.6. The number of nitrogens with one attached hydrogen (secondary N) is 2. The molecule has 7 heteroatoms. The number of amides is 1. The number of benzene rings is 1. The van der Waals surface area contributed by atoms with Crippen LogP contribution in [0.4, 0.5) is 4.39 Å². The zero-order valence-corrected chi connectivity index (χ0v) is 12.9. The van der Waals surface area contributed by atoms with Gasteiger partial charge in [-0.25, -0.2) is 4.39 Å². The monoisotopic (exact) mass is 324 g/mol. The Morgan fingerprint density at radius 1 is 1.50 bits per heavy atom. The average Bonchev–Trinajstić information content (AvgIpc) is 2.52. The van der Waals surface area contributed by atoms with Crippen LogP contribution in [0.2, 0.25) is 0 Å². The summed E-state index contributed by atoms with van der Waals surface area (Å²) in [6, 6.07) is 3.71. The summed E-state index contributed by atoms with van der Waals surface area (Å²) in [4.78, 5) is 27.1. The number of hydrogen-bond donors (Lipinski definition) is 3.